The molecule has 0 saturated heterocycles. The van der Waals surface area contributed by atoms with Crippen LogP contribution >= 0.6 is 0 Å². The monoisotopic (exact) mass is 530 g/mol. The number of hydrogen-bond acceptors (Lipinski definition) is 8. The van der Waals surface area contributed by atoms with E-state index in [1.807, 2.05) is 31.2 Å². The molecule has 1 N–H and O–H groups in total. The maximum Gasteiger partial charge on any atom is 0.247 e. The molecule has 1 aromatic carbocycles. The molecule has 0 saturated carbocycles. The molecule has 0 aliphatic carbocycles. The fraction of sp³-hybridized carbons (Fsp3) is 0.345. The van der Waals surface area contributed by atoms with E-state index < -0.39 is 11.7 Å². The van der Waals surface area contributed by atoms with Gasteiger partial charge in [0.25, 0.3) is 0 Å². The number of hydrogen-bond donors (Lipinski definition) is 1. The summed E-state index contributed by atoms with van der Waals surface area (Å²) in [7, 11) is 1.46. The zero-order valence-corrected chi connectivity index (χ0v) is 22.5. The molecule has 202 valence electrons. The molecule has 1 aliphatic rings. The summed E-state index contributed by atoms with van der Waals surface area (Å²) in [5.41, 5.74) is 5.09. The first kappa shape index (κ1) is 26.3. The van der Waals surface area contributed by atoms with Crippen molar-refractivity contribution in [2.75, 3.05) is 25.6 Å². The second-order valence-electron chi connectivity index (χ2n) is 9.70. The second-order valence-corrected chi connectivity index (χ2v) is 9.70. The van der Waals surface area contributed by atoms with Crippen LogP contribution in [0.3, 0.4) is 0 Å². The molecule has 0 spiro atoms. The molecule has 1 atom stereocenters. The fourth-order valence-electron chi connectivity index (χ4n) is 4.86. The van der Waals surface area contributed by atoms with Crippen molar-refractivity contribution in [1.29, 1.82) is 0 Å². The number of carbonyl (C=O) groups excluding carboxylic acids is 1. The normalized spacial score (nSPS) is 14.4. The number of methoxy groups -OCH3 is 1. The minimum atomic E-state index is -0.684. The number of aromatic nitrogens is 4. The molecule has 9 nitrogen and oxygen atoms in total. The molecular formula is C29H31FN6O3. The Kier molecular flexibility index (Phi) is 7.53. The SMILES string of the molecule is COc1cc([C@@H](C)C(=O)N2CCCCc3cc(-c4cccc(-c5nnc(C)o5)c4)c(C)nc3NC2)c(F)cn1. The number of nitrogens with zero attached hydrogens (tertiary/aromatic N) is 5. The summed E-state index contributed by atoms with van der Waals surface area (Å²) in [4.78, 5) is 23.9. The average molecular weight is 531 g/mol. The third-order valence-corrected chi connectivity index (χ3v) is 7.02. The Balaban J connectivity index is 1.38. The lowest BCUT2D eigenvalue weighted by molar-refractivity contribution is -0.132. The number of halogens is 1. The van der Waals surface area contributed by atoms with E-state index in [9.17, 15) is 9.18 Å². The van der Waals surface area contributed by atoms with E-state index in [-0.39, 0.29) is 24.0 Å². The van der Waals surface area contributed by atoms with Gasteiger partial charge in [0.1, 0.15) is 11.6 Å². The summed E-state index contributed by atoms with van der Waals surface area (Å²) < 4.78 is 25.2. The Morgan fingerprint density at radius 1 is 1.15 bits per heavy atom. The summed E-state index contributed by atoms with van der Waals surface area (Å²) in [6.07, 6.45) is 3.61. The third-order valence-electron chi connectivity index (χ3n) is 7.02. The molecular weight excluding hydrogens is 499 g/mol. The maximum absolute atomic E-state index is 14.5. The lowest BCUT2D eigenvalue weighted by Gasteiger charge is -2.26. The number of carbonyl (C=O) groups is 1. The Bertz CT molecular complexity index is 1500. The van der Waals surface area contributed by atoms with Crippen molar-refractivity contribution < 1.29 is 18.3 Å². The molecule has 0 bridgehead atoms. The van der Waals surface area contributed by atoms with Crippen LogP contribution in [0.25, 0.3) is 22.6 Å². The third kappa shape index (κ3) is 5.59. The number of nitrogens with one attached hydrogen (secondary N) is 1. The summed E-state index contributed by atoms with van der Waals surface area (Å²) in [6.45, 7) is 6.28. The van der Waals surface area contributed by atoms with Crippen LogP contribution in [0.15, 0.2) is 47.0 Å². The van der Waals surface area contributed by atoms with Gasteiger partial charge in [-0.05, 0) is 62.4 Å². The number of aryl methyl sites for hydroxylation is 3. The van der Waals surface area contributed by atoms with Gasteiger partial charge in [-0.1, -0.05) is 12.1 Å². The van der Waals surface area contributed by atoms with Crippen LogP contribution in [0.2, 0.25) is 0 Å². The van der Waals surface area contributed by atoms with Gasteiger partial charge in [0.05, 0.1) is 25.9 Å². The summed E-state index contributed by atoms with van der Waals surface area (Å²) in [5.74, 6) is 0.648. The molecule has 3 aromatic heterocycles. The molecule has 39 heavy (non-hydrogen) atoms. The standard InChI is InChI=1S/C29H31FN6O3/c1-17(23-14-26(38-4)31-15-25(23)30)29(37)36-11-6-5-8-21-13-24(18(2)33-27(21)32-16-36)20-9-7-10-22(12-20)28-35-34-19(3)39-28/h7,9-10,12-15,17H,5-6,8,11,16H2,1-4H3,(H,32,33)/t17-/m1/s1. The molecule has 0 radical (unpaired) electrons. The molecule has 10 heteroatoms. The van der Waals surface area contributed by atoms with Crippen molar-refractivity contribution in [2.24, 2.45) is 0 Å². The van der Waals surface area contributed by atoms with Crippen LogP contribution in [0.1, 0.15) is 48.4 Å². The molecule has 0 fully saturated rings. The first-order chi connectivity index (χ1) is 18.8. The Morgan fingerprint density at radius 3 is 2.74 bits per heavy atom. The van der Waals surface area contributed by atoms with Gasteiger partial charge in [-0.3, -0.25) is 4.79 Å². The molecule has 1 aliphatic heterocycles. The minimum absolute atomic E-state index is 0.167. The fourth-order valence-corrected chi connectivity index (χ4v) is 4.86. The van der Waals surface area contributed by atoms with E-state index in [1.54, 1.807) is 18.7 Å². The molecule has 1 amide bonds. The van der Waals surface area contributed by atoms with E-state index in [0.29, 0.717) is 18.3 Å². The van der Waals surface area contributed by atoms with Gasteiger partial charge in [0.2, 0.25) is 23.6 Å². The summed E-state index contributed by atoms with van der Waals surface area (Å²) >= 11 is 0. The van der Waals surface area contributed by atoms with E-state index in [0.717, 1.165) is 59.2 Å². The number of pyridine rings is 2. The Morgan fingerprint density at radius 2 is 1.97 bits per heavy atom. The van der Waals surface area contributed by atoms with Gasteiger partial charge in [-0.25, -0.2) is 14.4 Å². The number of rotatable bonds is 5. The van der Waals surface area contributed by atoms with Gasteiger partial charge in [-0.2, -0.15) is 0 Å². The van der Waals surface area contributed by atoms with E-state index in [1.165, 1.54) is 13.2 Å². The maximum atomic E-state index is 14.5. The van der Waals surface area contributed by atoms with Crippen LogP contribution < -0.4 is 10.1 Å². The quantitative estimate of drug-likeness (QED) is 0.371. The highest BCUT2D eigenvalue weighted by molar-refractivity contribution is 5.83. The van der Waals surface area contributed by atoms with Gasteiger partial charge >= 0.3 is 0 Å². The van der Waals surface area contributed by atoms with E-state index in [4.69, 9.17) is 14.1 Å². The van der Waals surface area contributed by atoms with E-state index in [2.05, 4.69) is 26.6 Å². The van der Waals surface area contributed by atoms with E-state index >= 15 is 0 Å². The molecule has 4 aromatic rings. The largest absolute Gasteiger partial charge is 0.481 e. The molecule has 0 unspecified atom stereocenters. The van der Waals surface area contributed by atoms with Crippen molar-refractivity contribution in [3.05, 3.63) is 71.1 Å². The highest BCUT2D eigenvalue weighted by Crippen LogP contribution is 2.31. The highest BCUT2D eigenvalue weighted by atomic mass is 19.1. The van der Waals surface area contributed by atoms with Gasteiger partial charge in [0, 0.05) is 41.9 Å². The van der Waals surface area contributed by atoms with Crippen LogP contribution in [0.5, 0.6) is 5.88 Å². The van der Waals surface area contributed by atoms with Gasteiger partial charge in [-0.15, -0.1) is 10.2 Å². The smallest absolute Gasteiger partial charge is 0.247 e. The van der Waals surface area contributed by atoms with Crippen molar-refractivity contribution in [3.63, 3.8) is 0 Å². The van der Waals surface area contributed by atoms with Crippen LogP contribution in [0, 0.1) is 19.7 Å². The van der Waals surface area contributed by atoms with Crippen molar-refractivity contribution in [1.82, 2.24) is 25.1 Å². The predicted octanol–water partition coefficient (Wildman–Crippen LogP) is 5.30. The van der Waals surface area contributed by atoms with Crippen molar-refractivity contribution >= 4 is 11.7 Å². The zero-order valence-electron chi connectivity index (χ0n) is 22.5. The summed E-state index contributed by atoms with van der Waals surface area (Å²) in [6, 6.07) is 11.6. The van der Waals surface area contributed by atoms with Crippen LogP contribution in [-0.4, -0.2) is 51.3 Å². The second kappa shape index (κ2) is 11.2. The number of fused-ring (bicyclic) bond motifs is 1. The number of ether oxygens (including phenoxy) is 1. The number of benzene rings is 1. The minimum Gasteiger partial charge on any atom is -0.481 e. The Labute approximate surface area is 226 Å². The van der Waals surface area contributed by atoms with Crippen molar-refractivity contribution in [3.8, 4) is 28.5 Å². The van der Waals surface area contributed by atoms with Gasteiger partial charge in [0.15, 0.2) is 0 Å². The lowest BCUT2D eigenvalue weighted by Crippen LogP contribution is -2.39. The molecule has 4 heterocycles. The molecule has 5 rings (SSSR count). The Hall–Kier alpha value is -4.34. The predicted molar refractivity (Wildman–Crippen MR) is 145 cm³/mol. The topological polar surface area (TPSA) is 106 Å². The van der Waals surface area contributed by atoms with Crippen LogP contribution in [-0.2, 0) is 11.2 Å². The van der Waals surface area contributed by atoms with Gasteiger partial charge < -0.3 is 19.4 Å². The first-order valence-corrected chi connectivity index (χ1v) is 13.0. The number of amides is 1. The first-order valence-electron chi connectivity index (χ1n) is 13.0. The van der Waals surface area contributed by atoms with Crippen molar-refractivity contribution in [2.45, 2.75) is 46.0 Å². The lowest BCUT2D eigenvalue weighted by atomic mass is 9.98. The average Bonchev–Trinajstić information content (AvgIpc) is 3.42. The zero-order chi connectivity index (χ0) is 27.5. The highest BCUT2D eigenvalue weighted by Gasteiger charge is 2.26. The van der Waals surface area contributed by atoms with Crippen LogP contribution in [0.4, 0.5) is 10.2 Å². The summed E-state index contributed by atoms with van der Waals surface area (Å²) in [5, 5.41) is 11.4. The number of anilines is 1.